The number of carbonyl (C=O) groups excluding carboxylic acids is 1. The number of hydrogen-bond acceptors (Lipinski definition) is 3. The van der Waals surface area contributed by atoms with Gasteiger partial charge in [-0.2, -0.15) is 18.4 Å². The Morgan fingerprint density at radius 2 is 2.10 bits per heavy atom. The van der Waals surface area contributed by atoms with Crippen molar-refractivity contribution in [2.45, 2.75) is 31.5 Å². The van der Waals surface area contributed by atoms with Crippen molar-refractivity contribution in [3.63, 3.8) is 0 Å². The van der Waals surface area contributed by atoms with Gasteiger partial charge in [-0.25, -0.2) is 0 Å². The minimum absolute atomic E-state index is 0.0973. The molecule has 1 aromatic rings. The molecular formula is C14H14F3N3O. The second-order valence-electron chi connectivity index (χ2n) is 5.06. The molecule has 1 amide bonds. The van der Waals surface area contributed by atoms with Crippen LogP contribution in [0, 0.1) is 17.2 Å². The van der Waals surface area contributed by atoms with Crippen LogP contribution in [0.3, 0.4) is 0 Å². The summed E-state index contributed by atoms with van der Waals surface area (Å²) in [6.07, 6.45) is -2.34. The van der Waals surface area contributed by atoms with Crippen molar-refractivity contribution in [2.75, 3.05) is 5.32 Å². The standard InChI is InChI=1S/C14H14F3N3O/c15-14(16,17)9-4-5-11(8(6-9)7-18)20-12-3-1-2-10(12)13(19)21/h4-6,10,12,20H,1-3H2,(H2,19,21)/t10-,12+/m1/s1. The molecule has 0 unspecified atom stereocenters. The zero-order valence-electron chi connectivity index (χ0n) is 11.1. The van der Waals surface area contributed by atoms with E-state index in [0.29, 0.717) is 18.5 Å². The molecule has 0 bridgehead atoms. The minimum atomic E-state index is -4.49. The highest BCUT2D eigenvalue weighted by Crippen LogP contribution is 2.33. The summed E-state index contributed by atoms with van der Waals surface area (Å²) in [5.41, 5.74) is 4.63. The number of nitrogens with one attached hydrogen (secondary N) is 1. The zero-order valence-corrected chi connectivity index (χ0v) is 11.1. The number of primary amides is 1. The predicted molar refractivity (Wildman–Crippen MR) is 70.1 cm³/mol. The molecule has 0 aliphatic heterocycles. The van der Waals surface area contributed by atoms with Gasteiger partial charge in [0.25, 0.3) is 0 Å². The molecule has 0 heterocycles. The van der Waals surface area contributed by atoms with Gasteiger partial charge >= 0.3 is 6.18 Å². The van der Waals surface area contributed by atoms with E-state index in [-0.39, 0.29) is 17.5 Å². The number of anilines is 1. The summed E-state index contributed by atoms with van der Waals surface area (Å²) < 4.78 is 37.9. The fourth-order valence-electron chi connectivity index (χ4n) is 2.61. The number of nitrogens with zero attached hydrogens (tertiary/aromatic N) is 1. The van der Waals surface area contributed by atoms with E-state index in [4.69, 9.17) is 11.0 Å². The van der Waals surface area contributed by atoms with Gasteiger partial charge in [-0.1, -0.05) is 6.42 Å². The Kier molecular flexibility index (Phi) is 4.07. The van der Waals surface area contributed by atoms with Crippen LogP contribution in [-0.2, 0) is 11.0 Å². The highest BCUT2D eigenvalue weighted by molar-refractivity contribution is 5.78. The van der Waals surface area contributed by atoms with Gasteiger partial charge < -0.3 is 11.1 Å². The number of nitrogens with two attached hydrogens (primary N) is 1. The summed E-state index contributed by atoms with van der Waals surface area (Å²) >= 11 is 0. The third kappa shape index (κ3) is 3.27. The molecular weight excluding hydrogens is 283 g/mol. The maximum Gasteiger partial charge on any atom is 0.416 e. The predicted octanol–water partition coefficient (Wildman–Crippen LogP) is 2.64. The lowest BCUT2D eigenvalue weighted by Crippen LogP contribution is -2.34. The Morgan fingerprint density at radius 3 is 2.67 bits per heavy atom. The molecule has 2 rings (SSSR count). The van der Waals surface area contributed by atoms with Gasteiger partial charge in [0.15, 0.2) is 0 Å². The lowest BCUT2D eigenvalue weighted by molar-refractivity contribution is -0.137. The summed E-state index contributed by atoms with van der Waals surface area (Å²) in [5, 5.41) is 12.0. The average Bonchev–Trinajstić information content (AvgIpc) is 2.86. The molecule has 0 radical (unpaired) electrons. The largest absolute Gasteiger partial charge is 0.416 e. The van der Waals surface area contributed by atoms with E-state index in [9.17, 15) is 18.0 Å². The van der Waals surface area contributed by atoms with Gasteiger partial charge in [0.05, 0.1) is 22.7 Å². The van der Waals surface area contributed by atoms with Gasteiger partial charge in [0, 0.05) is 6.04 Å². The van der Waals surface area contributed by atoms with Crippen molar-refractivity contribution >= 4 is 11.6 Å². The fraction of sp³-hybridized carbons (Fsp3) is 0.429. The van der Waals surface area contributed by atoms with Gasteiger partial charge in [0.1, 0.15) is 6.07 Å². The number of carbonyl (C=O) groups is 1. The third-order valence-electron chi connectivity index (χ3n) is 3.69. The molecule has 1 fully saturated rings. The van der Waals surface area contributed by atoms with Crippen LogP contribution in [0.5, 0.6) is 0 Å². The fourth-order valence-corrected chi connectivity index (χ4v) is 2.61. The number of benzene rings is 1. The van der Waals surface area contributed by atoms with E-state index in [2.05, 4.69) is 5.32 Å². The molecule has 0 saturated heterocycles. The molecule has 2 atom stereocenters. The highest BCUT2D eigenvalue weighted by atomic mass is 19.4. The van der Waals surface area contributed by atoms with Crippen molar-refractivity contribution < 1.29 is 18.0 Å². The van der Waals surface area contributed by atoms with Crippen LogP contribution in [0.2, 0.25) is 0 Å². The third-order valence-corrected chi connectivity index (χ3v) is 3.69. The van der Waals surface area contributed by atoms with Gasteiger partial charge in [-0.05, 0) is 31.0 Å². The van der Waals surface area contributed by atoms with Crippen LogP contribution in [0.15, 0.2) is 18.2 Å². The van der Waals surface area contributed by atoms with Crippen molar-refractivity contribution in [1.29, 1.82) is 5.26 Å². The SMILES string of the molecule is N#Cc1cc(C(F)(F)F)ccc1N[C@H]1CCC[C@H]1C(N)=O. The Labute approximate surface area is 119 Å². The first-order chi connectivity index (χ1) is 9.82. The number of hydrogen-bond donors (Lipinski definition) is 2. The molecule has 7 heteroatoms. The van der Waals surface area contributed by atoms with Crippen molar-refractivity contribution in [3.8, 4) is 6.07 Å². The quantitative estimate of drug-likeness (QED) is 0.900. The zero-order chi connectivity index (χ0) is 15.6. The second-order valence-corrected chi connectivity index (χ2v) is 5.06. The number of nitriles is 1. The monoisotopic (exact) mass is 297 g/mol. The molecule has 4 nitrogen and oxygen atoms in total. The Bertz CT molecular complexity index is 592. The maximum absolute atomic E-state index is 12.6. The van der Waals surface area contributed by atoms with Crippen LogP contribution >= 0.6 is 0 Å². The van der Waals surface area contributed by atoms with Gasteiger partial charge in [0.2, 0.25) is 5.91 Å². The summed E-state index contributed by atoms with van der Waals surface area (Å²) in [6, 6.07) is 4.44. The Balaban J connectivity index is 2.25. The minimum Gasteiger partial charge on any atom is -0.380 e. The highest BCUT2D eigenvalue weighted by Gasteiger charge is 2.33. The molecule has 1 aliphatic carbocycles. The topological polar surface area (TPSA) is 78.9 Å². The van der Waals surface area contributed by atoms with Crippen LogP contribution in [0.4, 0.5) is 18.9 Å². The molecule has 3 N–H and O–H groups in total. The summed E-state index contributed by atoms with van der Waals surface area (Å²) in [6.45, 7) is 0. The molecule has 112 valence electrons. The number of alkyl halides is 3. The molecule has 1 saturated carbocycles. The molecule has 1 aromatic carbocycles. The first-order valence-electron chi connectivity index (χ1n) is 6.50. The maximum atomic E-state index is 12.6. The smallest absolute Gasteiger partial charge is 0.380 e. The van der Waals surface area contributed by atoms with Crippen LogP contribution in [0.1, 0.15) is 30.4 Å². The van der Waals surface area contributed by atoms with E-state index < -0.39 is 17.6 Å². The number of amides is 1. The van der Waals surface area contributed by atoms with Gasteiger partial charge in [-0.15, -0.1) is 0 Å². The van der Waals surface area contributed by atoms with Crippen molar-refractivity contribution in [3.05, 3.63) is 29.3 Å². The van der Waals surface area contributed by atoms with E-state index in [0.717, 1.165) is 18.6 Å². The number of halogens is 3. The molecule has 1 aliphatic rings. The van der Waals surface area contributed by atoms with Crippen LogP contribution in [0.25, 0.3) is 0 Å². The van der Waals surface area contributed by atoms with Crippen molar-refractivity contribution in [1.82, 2.24) is 0 Å². The van der Waals surface area contributed by atoms with Crippen LogP contribution < -0.4 is 11.1 Å². The Hall–Kier alpha value is -2.23. The molecule has 0 aromatic heterocycles. The van der Waals surface area contributed by atoms with E-state index >= 15 is 0 Å². The normalized spacial score (nSPS) is 21.8. The number of rotatable bonds is 3. The summed E-state index contributed by atoms with van der Waals surface area (Å²) in [5.74, 6) is -0.797. The molecule has 21 heavy (non-hydrogen) atoms. The first kappa shape index (κ1) is 15.2. The van der Waals surface area contributed by atoms with E-state index in [1.54, 1.807) is 6.07 Å². The van der Waals surface area contributed by atoms with E-state index in [1.165, 1.54) is 6.07 Å². The summed E-state index contributed by atoms with van der Waals surface area (Å²) in [7, 11) is 0. The van der Waals surface area contributed by atoms with Gasteiger partial charge in [-0.3, -0.25) is 4.79 Å². The first-order valence-corrected chi connectivity index (χ1v) is 6.50. The molecule has 0 spiro atoms. The Morgan fingerprint density at radius 1 is 1.38 bits per heavy atom. The lowest BCUT2D eigenvalue weighted by atomic mass is 10.0. The van der Waals surface area contributed by atoms with Crippen molar-refractivity contribution in [2.24, 2.45) is 11.7 Å². The van der Waals surface area contributed by atoms with Crippen LogP contribution in [-0.4, -0.2) is 11.9 Å². The average molecular weight is 297 g/mol. The lowest BCUT2D eigenvalue weighted by Gasteiger charge is -2.20. The van der Waals surface area contributed by atoms with E-state index in [1.807, 2.05) is 0 Å². The summed E-state index contributed by atoms with van der Waals surface area (Å²) in [4.78, 5) is 11.3. The second kappa shape index (κ2) is 5.64.